The normalized spacial score (nSPS) is 28.1. The van der Waals surface area contributed by atoms with E-state index in [0.29, 0.717) is 31.6 Å². The number of nitrogens with one attached hydrogen (secondary N) is 1. The van der Waals surface area contributed by atoms with Gasteiger partial charge in [-0.05, 0) is 43.4 Å². The summed E-state index contributed by atoms with van der Waals surface area (Å²) in [6, 6.07) is 0.510. The molecule has 4 fully saturated rings. The van der Waals surface area contributed by atoms with Crippen LogP contribution in [0.1, 0.15) is 70.6 Å². The Kier molecular flexibility index (Phi) is 6.44. The summed E-state index contributed by atoms with van der Waals surface area (Å²) in [5.74, 6) is 0.732. The quantitative estimate of drug-likeness (QED) is 0.801. The predicted octanol–water partition coefficient (Wildman–Crippen LogP) is 3.16. The van der Waals surface area contributed by atoms with E-state index in [1.807, 2.05) is 4.90 Å². The van der Waals surface area contributed by atoms with Crippen LogP contribution in [0.4, 0.5) is 4.79 Å². The van der Waals surface area contributed by atoms with Crippen molar-refractivity contribution in [1.82, 2.24) is 15.1 Å². The van der Waals surface area contributed by atoms with Gasteiger partial charge in [0.05, 0.1) is 13.2 Å². The molecule has 0 radical (unpaired) electrons. The molecule has 28 heavy (non-hydrogen) atoms. The molecule has 3 amide bonds. The molecular weight excluding hydrogens is 354 g/mol. The third-order valence-corrected chi connectivity index (χ3v) is 7.70. The van der Waals surface area contributed by atoms with E-state index in [1.165, 1.54) is 44.9 Å². The highest BCUT2D eigenvalue weighted by Gasteiger charge is 2.48. The fourth-order valence-corrected chi connectivity index (χ4v) is 6.01. The summed E-state index contributed by atoms with van der Waals surface area (Å²) in [5.41, 5.74) is 0.247. The monoisotopic (exact) mass is 391 g/mol. The second-order valence-electron chi connectivity index (χ2n) is 9.46. The third kappa shape index (κ3) is 4.47. The van der Waals surface area contributed by atoms with Gasteiger partial charge in [-0.15, -0.1) is 0 Å². The van der Waals surface area contributed by atoms with Gasteiger partial charge in [0.2, 0.25) is 5.91 Å². The molecule has 1 N–H and O–H groups in total. The van der Waals surface area contributed by atoms with E-state index in [4.69, 9.17) is 4.74 Å². The molecular formula is C22H37N3O3. The van der Waals surface area contributed by atoms with Crippen molar-refractivity contribution in [2.45, 2.75) is 76.7 Å². The summed E-state index contributed by atoms with van der Waals surface area (Å²) in [7, 11) is 0. The van der Waals surface area contributed by atoms with Crippen LogP contribution < -0.4 is 5.32 Å². The van der Waals surface area contributed by atoms with Crippen molar-refractivity contribution in [2.75, 3.05) is 39.4 Å². The lowest BCUT2D eigenvalue weighted by Crippen LogP contribution is -2.44. The SMILES string of the molecule is O=C(CCC1CN(C(=O)NC2CCCC2)CC12CCCCC2)N1CCOCC1. The number of rotatable bonds is 4. The molecule has 6 nitrogen and oxygen atoms in total. The Morgan fingerprint density at radius 2 is 1.68 bits per heavy atom. The number of morpholine rings is 1. The number of likely N-dealkylation sites (tertiary alicyclic amines) is 1. The molecule has 0 aromatic rings. The largest absolute Gasteiger partial charge is 0.378 e. The minimum absolute atomic E-state index is 0.138. The van der Waals surface area contributed by atoms with E-state index >= 15 is 0 Å². The number of carbonyl (C=O) groups is 2. The standard InChI is InChI=1S/C22H37N3O3/c26-20(24-12-14-28-15-13-24)9-8-18-16-25(17-22(18)10-4-1-5-11-22)21(27)23-19-6-2-3-7-19/h18-19H,1-17H2,(H,23,27). The van der Waals surface area contributed by atoms with E-state index in [2.05, 4.69) is 10.2 Å². The molecule has 1 atom stereocenters. The number of carbonyl (C=O) groups excluding carboxylic acids is 2. The molecule has 2 aliphatic carbocycles. The van der Waals surface area contributed by atoms with Crippen LogP contribution in [-0.4, -0.2) is 67.2 Å². The number of nitrogens with zero attached hydrogens (tertiary/aromatic N) is 2. The maximum Gasteiger partial charge on any atom is 0.317 e. The van der Waals surface area contributed by atoms with Gasteiger partial charge in [0, 0.05) is 38.6 Å². The van der Waals surface area contributed by atoms with Crippen LogP contribution in [0.25, 0.3) is 0 Å². The first-order valence-electron chi connectivity index (χ1n) is 11.6. The molecule has 1 spiro atoms. The van der Waals surface area contributed by atoms with Gasteiger partial charge < -0.3 is 19.9 Å². The number of ether oxygens (including phenoxy) is 1. The summed E-state index contributed by atoms with van der Waals surface area (Å²) < 4.78 is 5.37. The summed E-state index contributed by atoms with van der Waals surface area (Å²) in [6.07, 6.45) is 12.6. The van der Waals surface area contributed by atoms with Gasteiger partial charge in [-0.1, -0.05) is 32.1 Å². The summed E-state index contributed by atoms with van der Waals surface area (Å²) >= 11 is 0. The highest BCUT2D eigenvalue weighted by Crippen LogP contribution is 2.49. The molecule has 1 unspecified atom stereocenters. The highest BCUT2D eigenvalue weighted by atomic mass is 16.5. The van der Waals surface area contributed by atoms with Crippen LogP contribution in [0.5, 0.6) is 0 Å². The topological polar surface area (TPSA) is 61.9 Å². The zero-order valence-corrected chi connectivity index (χ0v) is 17.3. The molecule has 4 aliphatic rings. The summed E-state index contributed by atoms with van der Waals surface area (Å²) in [4.78, 5) is 29.6. The first-order chi connectivity index (χ1) is 13.7. The number of urea groups is 1. The Morgan fingerprint density at radius 1 is 0.964 bits per heavy atom. The maximum atomic E-state index is 12.9. The van der Waals surface area contributed by atoms with Crippen molar-refractivity contribution < 1.29 is 14.3 Å². The molecule has 0 bridgehead atoms. The molecule has 6 heteroatoms. The number of hydrogen-bond donors (Lipinski definition) is 1. The zero-order chi connectivity index (χ0) is 19.4. The molecule has 4 rings (SSSR count). The predicted molar refractivity (Wildman–Crippen MR) is 108 cm³/mol. The summed E-state index contributed by atoms with van der Waals surface area (Å²) in [5, 5.41) is 3.28. The van der Waals surface area contributed by atoms with Crippen molar-refractivity contribution >= 4 is 11.9 Å². The lowest BCUT2D eigenvalue weighted by Gasteiger charge is -2.38. The third-order valence-electron chi connectivity index (χ3n) is 7.70. The smallest absolute Gasteiger partial charge is 0.317 e. The minimum Gasteiger partial charge on any atom is -0.378 e. The van der Waals surface area contributed by atoms with Crippen molar-refractivity contribution in [3.63, 3.8) is 0 Å². The van der Waals surface area contributed by atoms with Crippen LogP contribution in [0, 0.1) is 11.3 Å². The van der Waals surface area contributed by atoms with Gasteiger partial charge in [-0.25, -0.2) is 4.79 Å². The van der Waals surface area contributed by atoms with E-state index in [0.717, 1.165) is 45.4 Å². The van der Waals surface area contributed by atoms with Gasteiger partial charge in [0.1, 0.15) is 0 Å². The van der Waals surface area contributed by atoms with Crippen molar-refractivity contribution in [3.8, 4) is 0 Å². The van der Waals surface area contributed by atoms with E-state index < -0.39 is 0 Å². The lowest BCUT2D eigenvalue weighted by molar-refractivity contribution is -0.135. The Morgan fingerprint density at radius 3 is 2.39 bits per heavy atom. The first kappa shape index (κ1) is 20.0. The Bertz CT molecular complexity index is 549. The van der Waals surface area contributed by atoms with Crippen LogP contribution in [0.15, 0.2) is 0 Å². The second-order valence-corrected chi connectivity index (χ2v) is 9.46. The van der Waals surface area contributed by atoms with Crippen LogP contribution >= 0.6 is 0 Å². The van der Waals surface area contributed by atoms with Crippen LogP contribution in [0.2, 0.25) is 0 Å². The van der Waals surface area contributed by atoms with Gasteiger partial charge in [-0.3, -0.25) is 4.79 Å². The van der Waals surface area contributed by atoms with Gasteiger partial charge in [0.25, 0.3) is 0 Å². The maximum absolute atomic E-state index is 12.9. The fraction of sp³-hybridized carbons (Fsp3) is 0.909. The molecule has 0 aromatic heterocycles. The summed E-state index contributed by atoms with van der Waals surface area (Å²) in [6.45, 7) is 4.49. The highest BCUT2D eigenvalue weighted by molar-refractivity contribution is 5.76. The fourth-order valence-electron chi connectivity index (χ4n) is 6.01. The van der Waals surface area contributed by atoms with Crippen LogP contribution in [0.3, 0.4) is 0 Å². The molecule has 0 aromatic carbocycles. The second kappa shape index (κ2) is 9.02. The van der Waals surface area contributed by atoms with Gasteiger partial charge in [0.15, 0.2) is 0 Å². The van der Waals surface area contributed by atoms with E-state index in [9.17, 15) is 9.59 Å². The Balaban J connectivity index is 1.36. The molecule has 2 saturated carbocycles. The molecule has 2 saturated heterocycles. The lowest BCUT2D eigenvalue weighted by atomic mass is 9.66. The van der Waals surface area contributed by atoms with Crippen molar-refractivity contribution in [1.29, 1.82) is 0 Å². The van der Waals surface area contributed by atoms with Crippen LogP contribution in [-0.2, 0) is 9.53 Å². The minimum atomic E-state index is 0.138. The van der Waals surface area contributed by atoms with E-state index in [1.54, 1.807) is 0 Å². The van der Waals surface area contributed by atoms with Crippen molar-refractivity contribution in [2.24, 2.45) is 11.3 Å². The van der Waals surface area contributed by atoms with Crippen molar-refractivity contribution in [3.05, 3.63) is 0 Å². The zero-order valence-electron chi connectivity index (χ0n) is 17.3. The average molecular weight is 392 g/mol. The number of hydrogen-bond acceptors (Lipinski definition) is 3. The number of amides is 3. The van der Waals surface area contributed by atoms with E-state index in [-0.39, 0.29) is 17.4 Å². The first-order valence-corrected chi connectivity index (χ1v) is 11.6. The Labute approximate surface area is 169 Å². The molecule has 2 heterocycles. The average Bonchev–Trinajstić information content (AvgIpc) is 3.36. The van der Waals surface area contributed by atoms with Gasteiger partial charge in [-0.2, -0.15) is 0 Å². The van der Waals surface area contributed by atoms with Gasteiger partial charge >= 0.3 is 6.03 Å². The Hall–Kier alpha value is -1.30. The molecule has 158 valence electrons. The molecule has 2 aliphatic heterocycles.